The van der Waals surface area contributed by atoms with Crippen LogP contribution in [0.1, 0.15) is 25.0 Å². The van der Waals surface area contributed by atoms with E-state index in [1.807, 2.05) is 18.2 Å². The standard InChI is InChI=1S/C19H22N2.ClH/c1-3-21(19-10-5-4-6-11-19)16(2)14-18-9-7-8-17(15-18)12-13-20;/h4-11,15-16H,3,12,14H2,1-2H3;1H/t16-;/m1./s1. The minimum absolute atomic E-state index is 0. The van der Waals surface area contributed by atoms with Crippen LogP contribution in [0.4, 0.5) is 5.69 Å². The van der Waals surface area contributed by atoms with E-state index in [0.29, 0.717) is 12.5 Å². The van der Waals surface area contributed by atoms with Crippen molar-refractivity contribution in [1.82, 2.24) is 0 Å². The number of para-hydroxylation sites is 1. The second-order valence-corrected chi connectivity index (χ2v) is 5.33. The quantitative estimate of drug-likeness (QED) is 0.777. The van der Waals surface area contributed by atoms with Crippen LogP contribution < -0.4 is 4.90 Å². The first-order valence-electron chi connectivity index (χ1n) is 7.51. The van der Waals surface area contributed by atoms with Crippen molar-refractivity contribution in [3.63, 3.8) is 0 Å². The maximum Gasteiger partial charge on any atom is 0.0669 e. The van der Waals surface area contributed by atoms with Gasteiger partial charge >= 0.3 is 0 Å². The zero-order chi connectivity index (χ0) is 15.1. The molecule has 2 aromatic rings. The monoisotopic (exact) mass is 314 g/mol. The van der Waals surface area contributed by atoms with Crippen molar-refractivity contribution in [2.75, 3.05) is 11.4 Å². The molecule has 0 bridgehead atoms. The van der Waals surface area contributed by atoms with Crippen LogP contribution in [0.25, 0.3) is 0 Å². The number of halogens is 1. The largest absolute Gasteiger partial charge is 0.369 e. The lowest BCUT2D eigenvalue weighted by molar-refractivity contribution is 0.645. The van der Waals surface area contributed by atoms with Crippen molar-refractivity contribution in [1.29, 1.82) is 5.26 Å². The van der Waals surface area contributed by atoms with Crippen molar-refractivity contribution in [3.05, 3.63) is 65.7 Å². The number of nitriles is 1. The van der Waals surface area contributed by atoms with Crippen LogP contribution in [0.3, 0.4) is 0 Å². The highest BCUT2D eigenvalue weighted by Gasteiger charge is 2.13. The lowest BCUT2D eigenvalue weighted by Crippen LogP contribution is -2.34. The smallest absolute Gasteiger partial charge is 0.0669 e. The van der Waals surface area contributed by atoms with E-state index >= 15 is 0 Å². The Bertz CT molecular complexity index is 604. The van der Waals surface area contributed by atoms with Crippen molar-refractivity contribution >= 4 is 18.1 Å². The Balaban J connectivity index is 0.00000242. The van der Waals surface area contributed by atoms with E-state index in [2.05, 4.69) is 61.2 Å². The van der Waals surface area contributed by atoms with Gasteiger partial charge < -0.3 is 4.90 Å². The predicted octanol–water partition coefficient (Wildman–Crippen LogP) is 4.63. The van der Waals surface area contributed by atoms with Gasteiger partial charge in [-0.15, -0.1) is 12.4 Å². The number of rotatable bonds is 6. The van der Waals surface area contributed by atoms with Crippen LogP contribution in [0.2, 0.25) is 0 Å². The molecule has 0 fully saturated rings. The normalized spacial score (nSPS) is 11.1. The summed E-state index contributed by atoms with van der Waals surface area (Å²) in [5.74, 6) is 0. The number of nitrogens with zero attached hydrogens (tertiary/aromatic N) is 2. The summed E-state index contributed by atoms with van der Waals surface area (Å²) < 4.78 is 0. The third-order valence-electron chi connectivity index (χ3n) is 3.77. The van der Waals surface area contributed by atoms with Gasteiger partial charge in [0.05, 0.1) is 12.5 Å². The summed E-state index contributed by atoms with van der Waals surface area (Å²) in [5, 5.41) is 8.81. The zero-order valence-electron chi connectivity index (χ0n) is 13.2. The fraction of sp³-hybridized carbons (Fsp3) is 0.316. The molecule has 0 saturated carbocycles. The molecule has 0 N–H and O–H groups in total. The first-order chi connectivity index (χ1) is 10.2. The van der Waals surface area contributed by atoms with Gasteiger partial charge in [-0.2, -0.15) is 5.26 Å². The lowest BCUT2D eigenvalue weighted by Gasteiger charge is -2.30. The van der Waals surface area contributed by atoms with Crippen molar-refractivity contribution in [2.45, 2.75) is 32.7 Å². The number of anilines is 1. The molecule has 0 saturated heterocycles. The van der Waals surface area contributed by atoms with Gasteiger partial charge in [0.15, 0.2) is 0 Å². The molecule has 0 aliphatic carbocycles. The molecule has 3 heteroatoms. The molecule has 22 heavy (non-hydrogen) atoms. The minimum atomic E-state index is 0. The van der Waals surface area contributed by atoms with Gasteiger partial charge in [0, 0.05) is 18.3 Å². The van der Waals surface area contributed by atoms with E-state index in [4.69, 9.17) is 5.26 Å². The van der Waals surface area contributed by atoms with Gasteiger partial charge in [0.2, 0.25) is 0 Å². The van der Waals surface area contributed by atoms with Crippen LogP contribution in [0.15, 0.2) is 54.6 Å². The molecule has 0 unspecified atom stereocenters. The maximum atomic E-state index is 8.81. The number of hydrogen-bond donors (Lipinski definition) is 0. The second-order valence-electron chi connectivity index (χ2n) is 5.33. The molecule has 2 rings (SSSR count). The Morgan fingerprint density at radius 1 is 1.05 bits per heavy atom. The molecule has 0 radical (unpaired) electrons. The molecule has 0 amide bonds. The fourth-order valence-corrected chi connectivity index (χ4v) is 2.78. The highest BCUT2D eigenvalue weighted by Crippen LogP contribution is 2.19. The van der Waals surface area contributed by atoms with E-state index in [1.165, 1.54) is 11.3 Å². The van der Waals surface area contributed by atoms with Gasteiger partial charge in [0.1, 0.15) is 0 Å². The van der Waals surface area contributed by atoms with Crippen LogP contribution in [-0.4, -0.2) is 12.6 Å². The second kappa shape index (κ2) is 9.12. The molecule has 1 atom stereocenters. The summed E-state index contributed by atoms with van der Waals surface area (Å²) in [4.78, 5) is 2.41. The highest BCUT2D eigenvalue weighted by molar-refractivity contribution is 5.85. The first-order valence-corrected chi connectivity index (χ1v) is 7.51. The average molecular weight is 315 g/mol. The fourth-order valence-electron chi connectivity index (χ4n) is 2.78. The Morgan fingerprint density at radius 2 is 1.73 bits per heavy atom. The molecular formula is C19H23ClN2. The summed E-state index contributed by atoms with van der Waals surface area (Å²) in [6.45, 7) is 5.44. The molecular weight excluding hydrogens is 292 g/mol. The van der Waals surface area contributed by atoms with Crippen LogP contribution in [0.5, 0.6) is 0 Å². The van der Waals surface area contributed by atoms with E-state index < -0.39 is 0 Å². The lowest BCUT2D eigenvalue weighted by atomic mass is 10.0. The zero-order valence-corrected chi connectivity index (χ0v) is 14.0. The third kappa shape index (κ3) is 4.79. The highest BCUT2D eigenvalue weighted by atomic mass is 35.5. The maximum absolute atomic E-state index is 8.81. The minimum Gasteiger partial charge on any atom is -0.369 e. The van der Waals surface area contributed by atoms with Crippen LogP contribution in [-0.2, 0) is 12.8 Å². The number of benzene rings is 2. The number of likely N-dealkylation sites (N-methyl/N-ethyl adjacent to an activating group) is 1. The predicted molar refractivity (Wildman–Crippen MR) is 95.6 cm³/mol. The molecule has 0 spiro atoms. The molecule has 0 aliphatic heterocycles. The van der Waals surface area contributed by atoms with E-state index in [1.54, 1.807) is 0 Å². The van der Waals surface area contributed by atoms with Crippen LogP contribution >= 0.6 is 12.4 Å². The molecule has 2 aromatic carbocycles. The van der Waals surface area contributed by atoms with E-state index in [-0.39, 0.29) is 12.4 Å². The van der Waals surface area contributed by atoms with Crippen molar-refractivity contribution in [3.8, 4) is 6.07 Å². The third-order valence-corrected chi connectivity index (χ3v) is 3.77. The van der Waals surface area contributed by atoms with Crippen LogP contribution in [0, 0.1) is 11.3 Å². The number of hydrogen-bond acceptors (Lipinski definition) is 2. The summed E-state index contributed by atoms with van der Waals surface area (Å²) in [6.07, 6.45) is 1.47. The van der Waals surface area contributed by atoms with Gasteiger partial charge in [-0.05, 0) is 43.5 Å². The Hall–Kier alpha value is -1.98. The SMILES string of the molecule is CCN(c1ccccc1)[C@H](C)Cc1cccc(CC#N)c1.Cl. The molecule has 0 heterocycles. The summed E-state index contributed by atoms with van der Waals surface area (Å²) in [7, 11) is 0. The summed E-state index contributed by atoms with van der Waals surface area (Å²) in [6, 6.07) is 21.5. The van der Waals surface area contributed by atoms with Gasteiger partial charge in [-0.1, -0.05) is 42.5 Å². The van der Waals surface area contributed by atoms with E-state index in [9.17, 15) is 0 Å². The Labute approximate surface area is 139 Å². The topological polar surface area (TPSA) is 27.0 Å². The van der Waals surface area contributed by atoms with Gasteiger partial charge in [-0.3, -0.25) is 0 Å². The van der Waals surface area contributed by atoms with Gasteiger partial charge in [-0.25, -0.2) is 0 Å². The average Bonchev–Trinajstić information content (AvgIpc) is 2.50. The molecule has 0 aliphatic rings. The van der Waals surface area contributed by atoms with E-state index in [0.717, 1.165) is 18.5 Å². The Kier molecular flexibility index (Phi) is 7.49. The summed E-state index contributed by atoms with van der Waals surface area (Å²) >= 11 is 0. The van der Waals surface area contributed by atoms with Crippen molar-refractivity contribution < 1.29 is 0 Å². The first kappa shape index (κ1) is 18.1. The van der Waals surface area contributed by atoms with Crippen molar-refractivity contribution in [2.24, 2.45) is 0 Å². The van der Waals surface area contributed by atoms with Gasteiger partial charge in [0.25, 0.3) is 0 Å². The molecule has 116 valence electrons. The Morgan fingerprint density at radius 3 is 2.36 bits per heavy atom. The molecule has 0 aromatic heterocycles. The molecule has 2 nitrogen and oxygen atoms in total. The summed E-state index contributed by atoms with van der Waals surface area (Å²) in [5.41, 5.74) is 3.66.